The van der Waals surface area contributed by atoms with E-state index in [1.54, 1.807) is 0 Å². The SMILES string of the molecule is Cc1noc([C@H]2CCC3(CCN(Cc4sccc4C)CC3)O2)n1. The molecule has 0 N–H and O–H groups in total. The molecular formula is C17H23N3O2S. The molecule has 1 spiro atoms. The van der Waals surface area contributed by atoms with E-state index in [1.807, 2.05) is 18.3 Å². The van der Waals surface area contributed by atoms with Crippen molar-refractivity contribution in [2.24, 2.45) is 0 Å². The summed E-state index contributed by atoms with van der Waals surface area (Å²) in [7, 11) is 0. The van der Waals surface area contributed by atoms with Crippen LogP contribution in [0.2, 0.25) is 0 Å². The number of ether oxygens (including phenoxy) is 1. The number of piperidine rings is 1. The Morgan fingerprint density at radius 3 is 2.78 bits per heavy atom. The van der Waals surface area contributed by atoms with Gasteiger partial charge in [-0.05, 0) is 56.5 Å². The lowest BCUT2D eigenvalue weighted by Crippen LogP contribution is -2.43. The third-order valence-corrected chi connectivity index (χ3v) is 6.18. The zero-order valence-corrected chi connectivity index (χ0v) is 14.6. The van der Waals surface area contributed by atoms with Crippen LogP contribution in [-0.4, -0.2) is 33.7 Å². The predicted molar refractivity (Wildman–Crippen MR) is 88.4 cm³/mol. The maximum atomic E-state index is 6.38. The standard InChI is InChI=1S/C17H23N3O2S/c1-12-4-10-23-15(12)11-20-8-6-17(7-9-20)5-3-14(21-17)16-18-13(2)19-22-16/h4,10,14H,3,5-9,11H2,1-2H3/t14-/m1/s1. The van der Waals surface area contributed by atoms with Gasteiger partial charge in [-0.3, -0.25) is 4.90 Å². The number of rotatable bonds is 3. The molecule has 23 heavy (non-hydrogen) atoms. The molecule has 2 fully saturated rings. The molecule has 0 aliphatic carbocycles. The van der Waals surface area contributed by atoms with E-state index in [4.69, 9.17) is 9.26 Å². The van der Waals surface area contributed by atoms with Gasteiger partial charge in [0.15, 0.2) is 5.82 Å². The summed E-state index contributed by atoms with van der Waals surface area (Å²) in [6, 6.07) is 2.21. The van der Waals surface area contributed by atoms with Crippen molar-refractivity contribution < 1.29 is 9.26 Å². The highest BCUT2D eigenvalue weighted by Gasteiger charge is 2.44. The Labute approximate surface area is 140 Å². The fourth-order valence-corrected chi connectivity index (χ4v) is 4.63. The number of likely N-dealkylation sites (tertiary alicyclic amines) is 1. The molecule has 2 aliphatic heterocycles. The van der Waals surface area contributed by atoms with Crippen LogP contribution in [0.5, 0.6) is 0 Å². The van der Waals surface area contributed by atoms with Gasteiger partial charge in [-0.2, -0.15) is 4.98 Å². The topological polar surface area (TPSA) is 51.4 Å². The summed E-state index contributed by atoms with van der Waals surface area (Å²) in [4.78, 5) is 8.38. The van der Waals surface area contributed by atoms with Gasteiger partial charge in [0.1, 0.15) is 6.10 Å². The van der Waals surface area contributed by atoms with Gasteiger partial charge in [-0.1, -0.05) is 5.16 Å². The lowest BCUT2D eigenvalue weighted by molar-refractivity contribution is -0.0868. The maximum absolute atomic E-state index is 6.38. The van der Waals surface area contributed by atoms with Crippen molar-refractivity contribution in [3.8, 4) is 0 Å². The van der Waals surface area contributed by atoms with Crippen molar-refractivity contribution in [2.45, 2.75) is 57.8 Å². The minimum atomic E-state index is -0.0118. The van der Waals surface area contributed by atoms with Gasteiger partial charge in [-0.15, -0.1) is 11.3 Å². The zero-order chi connectivity index (χ0) is 15.9. The number of thiophene rings is 1. The first kappa shape index (κ1) is 15.3. The average molecular weight is 333 g/mol. The minimum Gasteiger partial charge on any atom is -0.362 e. The third kappa shape index (κ3) is 3.07. The van der Waals surface area contributed by atoms with E-state index in [2.05, 4.69) is 33.4 Å². The first-order chi connectivity index (χ1) is 11.1. The van der Waals surface area contributed by atoms with Crippen LogP contribution in [0.1, 0.15) is 53.9 Å². The average Bonchev–Trinajstić information content (AvgIpc) is 3.24. The summed E-state index contributed by atoms with van der Waals surface area (Å²) in [6.45, 7) is 7.34. The number of hydrogen-bond acceptors (Lipinski definition) is 6. The molecule has 2 aliphatic rings. The van der Waals surface area contributed by atoms with Crippen molar-refractivity contribution in [2.75, 3.05) is 13.1 Å². The third-order valence-electron chi connectivity index (χ3n) is 5.18. The molecular weight excluding hydrogens is 310 g/mol. The second-order valence-electron chi connectivity index (χ2n) is 6.81. The summed E-state index contributed by atoms with van der Waals surface area (Å²) in [5, 5.41) is 6.07. The van der Waals surface area contributed by atoms with E-state index in [9.17, 15) is 0 Å². The molecule has 6 heteroatoms. The first-order valence-corrected chi connectivity index (χ1v) is 9.25. The smallest absolute Gasteiger partial charge is 0.255 e. The second-order valence-corrected chi connectivity index (χ2v) is 7.81. The second kappa shape index (κ2) is 6.00. The molecule has 4 rings (SSSR count). The largest absolute Gasteiger partial charge is 0.362 e. The predicted octanol–water partition coefficient (Wildman–Crippen LogP) is 3.63. The molecule has 0 unspecified atom stereocenters. The molecule has 2 saturated heterocycles. The molecule has 0 saturated carbocycles. The van der Waals surface area contributed by atoms with Crippen LogP contribution in [-0.2, 0) is 11.3 Å². The van der Waals surface area contributed by atoms with Gasteiger partial charge in [-0.25, -0.2) is 0 Å². The van der Waals surface area contributed by atoms with E-state index in [1.165, 1.54) is 10.4 Å². The summed E-state index contributed by atoms with van der Waals surface area (Å²) < 4.78 is 11.7. The van der Waals surface area contributed by atoms with E-state index < -0.39 is 0 Å². The molecule has 2 aromatic rings. The van der Waals surface area contributed by atoms with Crippen molar-refractivity contribution in [3.63, 3.8) is 0 Å². The van der Waals surface area contributed by atoms with Crippen LogP contribution in [0, 0.1) is 13.8 Å². The van der Waals surface area contributed by atoms with Gasteiger partial charge >= 0.3 is 0 Å². The van der Waals surface area contributed by atoms with Gasteiger partial charge in [0.25, 0.3) is 5.89 Å². The van der Waals surface area contributed by atoms with Crippen molar-refractivity contribution in [1.29, 1.82) is 0 Å². The van der Waals surface area contributed by atoms with Crippen molar-refractivity contribution >= 4 is 11.3 Å². The number of hydrogen-bond donors (Lipinski definition) is 0. The number of nitrogens with zero attached hydrogens (tertiary/aromatic N) is 3. The Morgan fingerprint density at radius 1 is 1.30 bits per heavy atom. The van der Waals surface area contributed by atoms with E-state index in [0.29, 0.717) is 11.7 Å². The molecule has 1 atom stereocenters. The van der Waals surface area contributed by atoms with Crippen LogP contribution in [0.15, 0.2) is 16.0 Å². The Kier molecular flexibility index (Phi) is 3.99. The summed E-state index contributed by atoms with van der Waals surface area (Å²) in [5.41, 5.74) is 1.44. The highest BCUT2D eigenvalue weighted by atomic mass is 32.1. The van der Waals surface area contributed by atoms with Gasteiger partial charge in [0.05, 0.1) is 5.60 Å². The van der Waals surface area contributed by atoms with Crippen molar-refractivity contribution in [3.05, 3.63) is 33.6 Å². The fourth-order valence-electron chi connectivity index (χ4n) is 3.69. The molecule has 0 amide bonds. The van der Waals surface area contributed by atoms with Crippen LogP contribution in [0.4, 0.5) is 0 Å². The molecule has 2 aromatic heterocycles. The van der Waals surface area contributed by atoms with Crippen LogP contribution in [0.25, 0.3) is 0 Å². The Hall–Kier alpha value is -1.24. The molecule has 0 bridgehead atoms. The number of aryl methyl sites for hydroxylation is 2. The van der Waals surface area contributed by atoms with E-state index in [0.717, 1.165) is 45.3 Å². The lowest BCUT2D eigenvalue weighted by atomic mass is 9.88. The Bertz CT molecular complexity index is 673. The van der Waals surface area contributed by atoms with Crippen LogP contribution >= 0.6 is 11.3 Å². The van der Waals surface area contributed by atoms with Gasteiger partial charge < -0.3 is 9.26 Å². The summed E-state index contributed by atoms with van der Waals surface area (Å²) in [5.74, 6) is 1.33. The molecule has 124 valence electrons. The van der Waals surface area contributed by atoms with Gasteiger partial charge in [0, 0.05) is 24.5 Å². The minimum absolute atomic E-state index is 0.0118. The highest BCUT2D eigenvalue weighted by molar-refractivity contribution is 7.10. The Balaban J connectivity index is 1.35. The fraction of sp³-hybridized carbons (Fsp3) is 0.647. The highest BCUT2D eigenvalue weighted by Crippen LogP contribution is 2.44. The Morgan fingerprint density at radius 2 is 2.13 bits per heavy atom. The zero-order valence-electron chi connectivity index (χ0n) is 13.7. The quantitative estimate of drug-likeness (QED) is 0.858. The van der Waals surface area contributed by atoms with Gasteiger partial charge in [0.2, 0.25) is 0 Å². The van der Waals surface area contributed by atoms with Crippen LogP contribution < -0.4 is 0 Å². The molecule has 4 heterocycles. The van der Waals surface area contributed by atoms with Crippen molar-refractivity contribution in [1.82, 2.24) is 15.0 Å². The first-order valence-electron chi connectivity index (χ1n) is 8.37. The maximum Gasteiger partial charge on any atom is 0.255 e. The summed E-state index contributed by atoms with van der Waals surface area (Å²) in [6.07, 6.45) is 4.28. The normalized spacial score (nSPS) is 24.5. The summed E-state index contributed by atoms with van der Waals surface area (Å²) >= 11 is 1.87. The molecule has 0 radical (unpaired) electrons. The lowest BCUT2D eigenvalue weighted by Gasteiger charge is -2.38. The monoisotopic (exact) mass is 333 g/mol. The molecule has 0 aromatic carbocycles. The number of aromatic nitrogens is 2. The van der Waals surface area contributed by atoms with E-state index >= 15 is 0 Å². The van der Waals surface area contributed by atoms with Crippen LogP contribution in [0.3, 0.4) is 0 Å². The molecule has 5 nitrogen and oxygen atoms in total. The van der Waals surface area contributed by atoms with E-state index in [-0.39, 0.29) is 11.7 Å².